The van der Waals surface area contributed by atoms with Crippen LogP contribution in [0.1, 0.15) is 0 Å². The van der Waals surface area contributed by atoms with Gasteiger partial charge in [0.05, 0.1) is 12.6 Å². The predicted octanol–water partition coefficient (Wildman–Crippen LogP) is 1.35. The van der Waals surface area contributed by atoms with Gasteiger partial charge in [0.15, 0.2) is 11.5 Å². The fourth-order valence-electron chi connectivity index (χ4n) is 1.22. The summed E-state index contributed by atoms with van der Waals surface area (Å²) in [4.78, 5) is 7.80. The smallest absolute Gasteiger partial charge is 0.220 e. The SMILES string of the molecule is COc1cc2cnc(N)nc2cc1O.Cl. The molecule has 0 saturated heterocycles. The van der Waals surface area contributed by atoms with E-state index in [4.69, 9.17) is 10.5 Å². The van der Waals surface area contributed by atoms with Gasteiger partial charge < -0.3 is 15.6 Å². The highest BCUT2D eigenvalue weighted by atomic mass is 35.5. The molecule has 0 radical (unpaired) electrons. The van der Waals surface area contributed by atoms with Crippen molar-refractivity contribution in [2.24, 2.45) is 0 Å². The first kappa shape index (κ1) is 11.3. The Bertz CT molecular complexity index is 490. The maximum Gasteiger partial charge on any atom is 0.220 e. The lowest BCUT2D eigenvalue weighted by molar-refractivity contribution is 0.374. The highest BCUT2D eigenvalue weighted by Gasteiger charge is 2.05. The maximum absolute atomic E-state index is 9.47. The van der Waals surface area contributed by atoms with Crippen LogP contribution in [-0.2, 0) is 0 Å². The largest absolute Gasteiger partial charge is 0.504 e. The van der Waals surface area contributed by atoms with Gasteiger partial charge in [0.25, 0.3) is 0 Å². The fraction of sp³-hybridized carbons (Fsp3) is 0.111. The first-order chi connectivity index (χ1) is 6.70. The summed E-state index contributed by atoms with van der Waals surface area (Å²) in [5.74, 6) is 0.617. The lowest BCUT2D eigenvalue weighted by Gasteiger charge is -2.04. The Kier molecular flexibility index (Phi) is 3.16. The number of hydrogen-bond acceptors (Lipinski definition) is 5. The average Bonchev–Trinajstić information content (AvgIpc) is 2.16. The molecular formula is C9H10ClN3O2. The number of methoxy groups -OCH3 is 1. The summed E-state index contributed by atoms with van der Waals surface area (Å²) in [6.07, 6.45) is 1.58. The third-order valence-electron chi connectivity index (χ3n) is 1.90. The molecule has 5 nitrogen and oxygen atoms in total. The van der Waals surface area contributed by atoms with Crippen LogP contribution in [0.25, 0.3) is 10.9 Å². The van der Waals surface area contributed by atoms with Gasteiger partial charge in [-0.2, -0.15) is 0 Å². The minimum Gasteiger partial charge on any atom is -0.504 e. The number of aromatic hydroxyl groups is 1. The van der Waals surface area contributed by atoms with Crippen molar-refractivity contribution in [3.8, 4) is 11.5 Å². The van der Waals surface area contributed by atoms with Gasteiger partial charge in [-0.05, 0) is 6.07 Å². The molecule has 15 heavy (non-hydrogen) atoms. The Labute approximate surface area is 92.3 Å². The average molecular weight is 228 g/mol. The van der Waals surface area contributed by atoms with E-state index in [1.807, 2.05) is 0 Å². The fourth-order valence-corrected chi connectivity index (χ4v) is 1.22. The Morgan fingerprint density at radius 3 is 2.80 bits per heavy atom. The van der Waals surface area contributed by atoms with Crippen LogP contribution >= 0.6 is 12.4 Å². The van der Waals surface area contributed by atoms with Crippen molar-refractivity contribution in [3.63, 3.8) is 0 Å². The van der Waals surface area contributed by atoms with Crippen molar-refractivity contribution < 1.29 is 9.84 Å². The number of anilines is 1. The summed E-state index contributed by atoms with van der Waals surface area (Å²) in [6.45, 7) is 0. The third kappa shape index (κ3) is 2.02. The van der Waals surface area contributed by atoms with Crippen molar-refractivity contribution in [3.05, 3.63) is 18.3 Å². The van der Waals surface area contributed by atoms with Crippen molar-refractivity contribution in [2.75, 3.05) is 12.8 Å². The predicted molar refractivity (Wildman–Crippen MR) is 59.4 cm³/mol. The molecule has 0 aliphatic heterocycles. The summed E-state index contributed by atoms with van der Waals surface area (Å²) >= 11 is 0. The molecule has 1 heterocycles. The summed E-state index contributed by atoms with van der Waals surface area (Å²) in [5, 5.41) is 10.2. The van der Waals surface area contributed by atoms with Crippen LogP contribution < -0.4 is 10.5 Å². The molecule has 0 fully saturated rings. The van der Waals surface area contributed by atoms with Crippen molar-refractivity contribution in [1.29, 1.82) is 0 Å². The number of phenolic OH excluding ortho intramolecular Hbond substituents is 1. The molecule has 80 valence electrons. The zero-order valence-electron chi connectivity index (χ0n) is 7.97. The lowest BCUT2D eigenvalue weighted by Crippen LogP contribution is -1.94. The molecule has 0 unspecified atom stereocenters. The molecule has 0 bridgehead atoms. The van der Waals surface area contributed by atoms with E-state index < -0.39 is 0 Å². The summed E-state index contributed by atoms with van der Waals surface area (Å²) in [5.41, 5.74) is 6.00. The second kappa shape index (κ2) is 4.18. The van der Waals surface area contributed by atoms with E-state index in [1.54, 1.807) is 12.3 Å². The number of aromatic nitrogens is 2. The summed E-state index contributed by atoms with van der Waals surface area (Å²) in [6, 6.07) is 3.15. The molecule has 0 amide bonds. The van der Waals surface area contributed by atoms with Crippen LogP contribution in [0.5, 0.6) is 11.5 Å². The van der Waals surface area contributed by atoms with Crippen LogP contribution in [0.4, 0.5) is 5.95 Å². The molecular weight excluding hydrogens is 218 g/mol. The molecule has 0 saturated carbocycles. The standard InChI is InChI=1S/C9H9N3O2.ClH/c1-14-8-2-5-4-11-9(10)12-6(5)3-7(8)13;/h2-4,13H,1H3,(H2,10,11,12);1H. The quantitative estimate of drug-likeness (QED) is 0.769. The molecule has 0 aliphatic rings. The first-order valence-electron chi connectivity index (χ1n) is 4.00. The van der Waals surface area contributed by atoms with Crippen molar-refractivity contribution >= 4 is 29.3 Å². The van der Waals surface area contributed by atoms with E-state index >= 15 is 0 Å². The lowest BCUT2D eigenvalue weighted by atomic mass is 10.2. The van der Waals surface area contributed by atoms with E-state index in [0.717, 1.165) is 5.39 Å². The van der Waals surface area contributed by atoms with Crippen LogP contribution in [0.3, 0.4) is 0 Å². The molecule has 3 N–H and O–H groups in total. The number of phenols is 1. The number of rotatable bonds is 1. The summed E-state index contributed by atoms with van der Waals surface area (Å²) < 4.78 is 4.95. The normalized spacial score (nSPS) is 9.67. The number of ether oxygens (including phenoxy) is 1. The summed E-state index contributed by atoms with van der Waals surface area (Å²) in [7, 11) is 1.49. The van der Waals surface area contributed by atoms with E-state index in [9.17, 15) is 5.11 Å². The minimum absolute atomic E-state index is 0. The number of nitrogens with zero attached hydrogens (tertiary/aromatic N) is 2. The molecule has 0 spiro atoms. The topological polar surface area (TPSA) is 81.3 Å². The highest BCUT2D eigenvalue weighted by molar-refractivity contribution is 5.85. The van der Waals surface area contributed by atoms with Crippen molar-refractivity contribution in [2.45, 2.75) is 0 Å². The molecule has 1 aromatic carbocycles. The van der Waals surface area contributed by atoms with Crippen LogP contribution in [0, 0.1) is 0 Å². The van der Waals surface area contributed by atoms with Gasteiger partial charge in [-0.3, -0.25) is 0 Å². The maximum atomic E-state index is 9.47. The van der Waals surface area contributed by atoms with Crippen LogP contribution in [0.2, 0.25) is 0 Å². The number of nitrogen functional groups attached to an aromatic ring is 1. The number of benzene rings is 1. The van der Waals surface area contributed by atoms with Gasteiger partial charge in [0.1, 0.15) is 0 Å². The van der Waals surface area contributed by atoms with Gasteiger partial charge in [-0.1, -0.05) is 0 Å². The molecule has 0 aliphatic carbocycles. The van der Waals surface area contributed by atoms with Crippen LogP contribution in [-0.4, -0.2) is 22.2 Å². The van der Waals surface area contributed by atoms with Gasteiger partial charge in [0, 0.05) is 17.6 Å². The number of fused-ring (bicyclic) bond motifs is 1. The third-order valence-corrected chi connectivity index (χ3v) is 1.90. The van der Waals surface area contributed by atoms with Crippen LogP contribution in [0.15, 0.2) is 18.3 Å². The molecule has 2 aromatic rings. The van der Waals surface area contributed by atoms with E-state index in [0.29, 0.717) is 11.3 Å². The Hall–Kier alpha value is -1.75. The van der Waals surface area contributed by atoms with E-state index in [1.165, 1.54) is 13.2 Å². The minimum atomic E-state index is 0. The van der Waals surface area contributed by atoms with Gasteiger partial charge in [-0.15, -0.1) is 12.4 Å². The second-order valence-corrected chi connectivity index (χ2v) is 2.81. The Morgan fingerprint density at radius 2 is 2.13 bits per heavy atom. The number of halogens is 1. The highest BCUT2D eigenvalue weighted by Crippen LogP contribution is 2.29. The van der Waals surface area contributed by atoms with E-state index in [-0.39, 0.29) is 24.1 Å². The van der Waals surface area contributed by atoms with Gasteiger partial charge in [-0.25, -0.2) is 9.97 Å². The first-order valence-corrected chi connectivity index (χ1v) is 4.00. The molecule has 2 rings (SSSR count). The number of hydrogen-bond donors (Lipinski definition) is 2. The van der Waals surface area contributed by atoms with Gasteiger partial charge >= 0.3 is 0 Å². The molecule has 6 heteroatoms. The monoisotopic (exact) mass is 227 g/mol. The second-order valence-electron chi connectivity index (χ2n) is 2.81. The molecule has 1 aromatic heterocycles. The molecule has 0 atom stereocenters. The van der Waals surface area contributed by atoms with E-state index in [2.05, 4.69) is 9.97 Å². The Morgan fingerprint density at radius 1 is 1.40 bits per heavy atom. The number of nitrogens with two attached hydrogens (primary N) is 1. The zero-order valence-corrected chi connectivity index (χ0v) is 8.78. The van der Waals surface area contributed by atoms with Crippen molar-refractivity contribution in [1.82, 2.24) is 9.97 Å². The zero-order chi connectivity index (χ0) is 10.1. The van der Waals surface area contributed by atoms with Gasteiger partial charge in [0.2, 0.25) is 5.95 Å². The Balaban J connectivity index is 0.00000112.